The molecular weight excluding hydrogens is 202 g/mol. The molecule has 2 unspecified atom stereocenters. The summed E-state index contributed by atoms with van der Waals surface area (Å²) in [6, 6.07) is 0.392. The second-order valence-corrected chi connectivity index (χ2v) is 6.30. The molecule has 4 rings (SSSR count). The van der Waals surface area contributed by atoms with Crippen LogP contribution in [0.15, 0.2) is 0 Å². The number of hydrogen-bond donors (Lipinski definition) is 1. The van der Waals surface area contributed by atoms with Crippen molar-refractivity contribution in [1.29, 1.82) is 0 Å². The fourth-order valence-electron chi connectivity index (χ4n) is 4.11. The van der Waals surface area contributed by atoms with Crippen LogP contribution in [-0.2, 0) is 4.74 Å². The van der Waals surface area contributed by atoms with E-state index < -0.39 is 0 Å². The van der Waals surface area contributed by atoms with Gasteiger partial charge in [0.25, 0.3) is 0 Å². The fraction of sp³-hybridized carbons (Fsp3) is 1.00. The first-order valence-corrected chi connectivity index (χ1v) is 6.60. The molecule has 0 aromatic carbocycles. The molecule has 92 valence electrons. The first-order valence-electron chi connectivity index (χ1n) is 6.60. The molecule has 0 aromatic heterocycles. The van der Waals surface area contributed by atoms with Gasteiger partial charge >= 0.3 is 0 Å². The molecule has 3 heteroatoms. The second kappa shape index (κ2) is 3.69. The number of hydrogen-bond acceptors (Lipinski definition) is 3. The van der Waals surface area contributed by atoms with E-state index in [2.05, 4.69) is 18.7 Å². The lowest BCUT2D eigenvalue weighted by molar-refractivity contribution is -0.180. The number of rotatable bonds is 1. The minimum absolute atomic E-state index is 0.102. The number of nitrogens with zero attached hydrogens (tertiary/aromatic N) is 1. The molecule has 0 spiro atoms. The van der Waals surface area contributed by atoms with E-state index in [0.717, 1.165) is 38.6 Å². The summed E-state index contributed by atoms with van der Waals surface area (Å²) in [5.41, 5.74) is 0.447. The Bertz CT molecular complexity index is 273. The third kappa shape index (κ3) is 1.45. The van der Waals surface area contributed by atoms with Gasteiger partial charge in [0.05, 0.1) is 19.3 Å². The summed E-state index contributed by atoms with van der Waals surface area (Å²) in [6.45, 7) is 8.42. The quantitative estimate of drug-likeness (QED) is 0.726. The van der Waals surface area contributed by atoms with Crippen LogP contribution >= 0.6 is 0 Å². The molecule has 0 radical (unpaired) electrons. The molecule has 1 heterocycles. The topological polar surface area (TPSA) is 32.7 Å². The molecule has 4 atom stereocenters. The van der Waals surface area contributed by atoms with E-state index in [9.17, 15) is 5.11 Å². The van der Waals surface area contributed by atoms with Crippen molar-refractivity contribution >= 4 is 0 Å². The largest absolute Gasteiger partial charge is 0.391 e. The maximum Gasteiger partial charge on any atom is 0.0701 e. The Balaban J connectivity index is 1.76. The highest BCUT2D eigenvalue weighted by Gasteiger charge is 2.58. The Kier molecular flexibility index (Phi) is 2.54. The first kappa shape index (κ1) is 11.0. The van der Waals surface area contributed by atoms with E-state index >= 15 is 0 Å². The smallest absolute Gasteiger partial charge is 0.0701 e. The highest BCUT2D eigenvalue weighted by Crippen LogP contribution is 2.60. The van der Waals surface area contributed by atoms with Crippen molar-refractivity contribution in [3.63, 3.8) is 0 Å². The first-order chi connectivity index (χ1) is 7.60. The van der Waals surface area contributed by atoms with E-state index in [-0.39, 0.29) is 6.10 Å². The Morgan fingerprint density at radius 3 is 2.50 bits per heavy atom. The molecule has 4 fully saturated rings. The van der Waals surface area contributed by atoms with Crippen molar-refractivity contribution in [2.24, 2.45) is 17.3 Å². The summed E-state index contributed by atoms with van der Waals surface area (Å²) in [5, 5.41) is 10.3. The zero-order valence-corrected chi connectivity index (χ0v) is 10.4. The monoisotopic (exact) mass is 225 g/mol. The molecule has 1 aliphatic heterocycles. The lowest BCUT2D eigenvalue weighted by Crippen LogP contribution is -2.66. The van der Waals surface area contributed by atoms with Crippen LogP contribution in [0.5, 0.6) is 0 Å². The number of fused-ring (bicyclic) bond motifs is 2. The van der Waals surface area contributed by atoms with E-state index in [1.54, 1.807) is 0 Å². The third-order valence-corrected chi connectivity index (χ3v) is 5.35. The van der Waals surface area contributed by atoms with Crippen LogP contribution in [0.1, 0.15) is 26.7 Å². The van der Waals surface area contributed by atoms with Crippen molar-refractivity contribution in [3.05, 3.63) is 0 Å². The molecule has 3 aliphatic carbocycles. The van der Waals surface area contributed by atoms with Crippen LogP contribution < -0.4 is 0 Å². The van der Waals surface area contributed by atoms with Crippen molar-refractivity contribution < 1.29 is 9.84 Å². The Morgan fingerprint density at radius 1 is 1.19 bits per heavy atom. The van der Waals surface area contributed by atoms with E-state index in [4.69, 9.17) is 4.74 Å². The van der Waals surface area contributed by atoms with Gasteiger partial charge in [-0.05, 0) is 30.1 Å². The molecule has 4 aliphatic rings. The third-order valence-electron chi connectivity index (χ3n) is 5.35. The highest BCUT2D eigenvalue weighted by molar-refractivity contribution is 5.09. The van der Waals surface area contributed by atoms with Gasteiger partial charge in [-0.3, -0.25) is 4.90 Å². The van der Waals surface area contributed by atoms with Gasteiger partial charge < -0.3 is 9.84 Å². The molecule has 3 saturated carbocycles. The summed E-state index contributed by atoms with van der Waals surface area (Å²) >= 11 is 0. The maximum absolute atomic E-state index is 10.3. The number of morpholine rings is 1. The van der Waals surface area contributed by atoms with Crippen LogP contribution in [0.25, 0.3) is 0 Å². The predicted octanol–water partition coefficient (Wildman–Crippen LogP) is 1.11. The van der Waals surface area contributed by atoms with Gasteiger partial charge in [-0.15, -0.1) is 0 Å². The minimum Gasteiger partial charge on any atom is -0.391 e. The van der Waals surface area contributed by atoms with Crippen molar-refractivity contribution in [1.82, 2.24) is 4.90 Å². The summed E-state index contributed by atoms with van der Waals surface area (Å²) in [7, 11) is 0. The average Bonchev–Trinajstić information content (AvgIpc) is 2.29. The highest BCUT2D eigenvalue weighted by atomic mass is 16.5. The normalized spacial score (nSPS) is 47.4. The molecule has 0 aromatic rings. The predicted molar refractivity (Wildman–Crippen MR) is 62.2 cm³/mol. The van der Waals surface area contributed by atoms with Gasteiger partial charge in [-0.1, -0.05) is 13.8 Å². The molecule has 2 bridgehead atoms. The van der Waals surface area contributed by atoms with E-state index in [1.807, 2.05) is 0 Å². The van der Waals surface area contributed by atoms with Gasteiger partial charge in [0, 0.05) is 19.1 Å². The lowest BCUT2D eigenvalue weighted by atomic mass is 9.46. The van der Waals surface area contributed by atoms with Crippen molar-refractivity contribution in [2.45, 2.75) is 38.8 Å². The van der Waals surface area contributed by atoms with Crippen molar-refractivity contribution in [3.8, 4) is 0 Å². The number of ether oxygens (including phenoxy) is 1. The molecule has 1 N–H and O–H groups in total. The fourth-order valence-corrected chi connectivity index (χ4v) is 4.11. The standard InChI is InChI=1S/C13H23NO2/c1-13(2)9-7-10(13)12(11(15)8-9)14-3-5-16-6-4-14/h9-12,15H,3-8H2,1-2H3/t9?,10-,11-,12?/m1/s1. The summed E-state index contributed by atoms with van der Waals surface area (Å²) in [6.07, 6.45) is 2.23. The summed E-state index contributed by atoms with van der Waals surface area (Å²) in [5.74, 6) is 1.45. The maximum atomic E-state index is 10.3. The van der Waals surface area contributed by atoms with Gasteiger partial charge in [-0.2, -0.15) is 0 Å². The molecule has 16 heavy (non-hydrogen) atoms. The lowest BCUT2D eigenvalue weighted by Gasteiger charge is -2.63. The van der Waals surface area contributed by atoms with Gasteiger partial charge in [0.1, 0.15) is 0 Å². The van der Waals surface area contributed by atoms with Gasteiger partial charge in [0.15, 0.2) is 0 Å². The molecule has 3 nitrogen and oxygen atoms in total. The van der Waals surface area contributed by atoms with Crippen LogP contribution in [0, 0.1) is 17.3 Å². The van der Waals surface area contributed by atoms with Gasteiger partial charge in [-0.25, -0.2) is 0 Å². The number of aliphatic hydroxyl groups is 1. The second-order valence-electron chi connectivity index (χ2n) is 6.30. The summed E-state index contributed by atoms with van der Waals surface area (Å²) < 4.78 is 5.40. The van der Waals surface area contributed by atoms with E-state index in [1.165, 1.54) is 6.42 Å². The Morgan fingerprint density at radius 2 is 1.88 bits per heavy atom. The zero-order valence-electron chi connectivity index (χ0n) is 10.4. The Labute approximate surface area is 97.8 Å². The van der Waals surface area contributed by atoms with Gasteiger partial charge in [0.2, 0.25) is 0 Å². The van der Waals surface area contributed by atoms with Crippen LogP contribution in [0.2, 0.25) is 0 Å². The van der Waals surface area contributed by atoms with Crippen LogP contribution in [0.4, 0.5) is 0 Å². The van der Waals surface area contributed by atoms with Crippen LogP contribution in [-0.4, -0.2) is 48.5 Å². The molecular formula is C13H23NO2. The van der Waals surface area contributed by atoms with E-state index in [0.29, 0.717) is 17.4 Å². The minimum atomic E-state index is -0.102. The SMILES string of the molecule is CC1(C)C2C[C@@H](O)C(N3CCOCC3)[C@H]1C2. The van der Waals surface area contributed by atoms with Crippen LogP contribution in [0.3, 0.4) is 0 Å². The zero-order chi connectivity index (χ0) is 11.3. The molecule has 0 amide bonds. The Hall–Kier alpha value is -0.120. The van der Waals surface area contributed by atoms with Crippen molar-refractivity contribution in [2.75, 3.05) is 26.3 Å². The average molecular weight is 225 g/mol. The molecule has 1 saturated heterocycles. The summed E-state index contributed by atoms with van der Waals surface area (Å²) in [4.78, 5) is 2.47. The number of aliphatic hydroxyl groups excluding tert-OH is 1.